The van der Waals surface area contributed by atoms with Crippen LogP contribution in [0.15, 0.2) is 12.3 Å². The van der Waals surface area contributed by atoms with E-state index in [9.17, 15) is 0 Å². The summed E-state index contributed by atoms with van der Waals surface area (Å²) in [6.07, 6.45) is 4.94. The highest BCUT2D eigenvalue weighted by Crippen LogP contribution is 2.32. The Bertz CT molecular complexity index is 432. The standard InChI is InChI=1S/C14H21N3O2/c1-11-15-5-2-13(17-11)9-16-12-3-6-19-14(8-12)4-7-18-10-14/h2,5,12,16H,3-4,6-10H2,1H3. The summed E-state index contributed by atoms with van der Waals surface area (Å²) in [4.78, 5) is 8.53. The Morgan fingerprint density at radius 1 is 1.47 bits per heavy atom. The third-order valence-corrected chi connectivity index (χ3v) is 3.97. The van der Waals surface area contributed by atoms with Gasteiger partial charge in [0.25, 0.3) is 0 Å². The van der Waals surface area contributed by atoms with Gasteiger partial charge in [-0.3, -0.25) is 0 Å². The molecular weight excluding hydrogens is 242 g/mol. The smallest absolute Gasteiger partial charge is 0.125 e. The van der Waals surface area contributed by atoms with Gasteiger partial charge in [0.1, 0.15) is 5.82 Å². The maximum absolute atomic E-state index is 5.94. The first-order valence-electron chi connectivity index (χ1n) is 6.99. The first-order valence-corrected chi connectivity index (χ1v) is 6.99. The second-order valence-corrected chi connectivity index (χ2v) is 5.50. The normalized spacial score (nSPS) is 30.9. The topological polar surface area (TPSA) is 56.3 Å². The summed E-state index contributed by atoms with van der Waals surface area (Å²) < 4.78 is 11.4. The Balaban J connectivity index is 1.55. The Morgan fingerprint density at radius 3 is 3.21 bits per heavy atom. The van der Waals surface area contributed by atoms with Crippen LogP contribution in [0, 0.1) is 6.92 Å². The van der Waals surface area contributed by atoms with E-state index in [1.807, 2.05) is 19.2 Å². The third-order valence-electron chi connectivity index (χ3n) is 3.97. The van der Waals surface area contributed by atoms with Crippen LogP contribution >= 0.6 is 0 Å². The minimum atomic E-state index is -0.0303. The van der Waals surface area contributed by atoms with Gasteiger partial charge in [-0.2, -0.15) is 0 Å². The Morgan fingerprint density at radius 2 is 2.42 bits per heavy atom. The van der Waals surface area contributed by atoms with Gasteiger partial charge < -0.3 is 14.8 Å². The Kier molecular flexibility index (Phi) is 3.77. The Hall–Kier alpha value is -1.04. The molecule has 0 aliphatic carbocycles. The van der Waals surface area contributed by atoms with Gasteiger partial charge in [0.15, 0.2) is 0 Å². The lowest BCUT2D eigenvalue weighted by atomic mass is 9.89. The minimum Gasteiger partial charge on any atom is -0.378 e. The molecule has 2 fully saturated rings. The molecule has 104 valence electrons. The van der Waals surface area contributed by atoms with E-state index in [0.717, 1.165) is 57.1 Å². The highest BCUT2D eigenvalue weighted by molar-refractivity contribution is 5.02. The molecule has 0 bridgehead atoms. The van der Waals surface area contributed by atoms with Crippen molar-refractivity contribution in [1.82, 2.24) is 15.3 Å². The maximum Gasteiger partial charge on any atom is 0.125 e. The van der Waals surface area contributed by atoms with E-state index in [0.29, 0.717) is 6.04 Å². The molecule has 1 aromatic rings. The first kappa shape index (κ1) is 13.0. The SMILES string of the molecule is Cc1nccc(CNC2CCOC3(CCOC3)C2)n1. The molecule has 3 heterocycles. The second-order valence-electron chi connectivity index (χ2n) is 5.50. The van der Waals surface area contributed by atoms with E-state index >= 15 is 0 Å². The van der Waals surface area contributed by atoms with E-state index in [2.05, 4.69) is 15.3 Å². The number of nitrogens with one attached hydrogen (secondary N) is 1. The molecule has 1 spiro atoms. The summed E-state index contributed by atoms with van der Waals surface area (Å²) in [5, 5.41) is 3.59. The van der Waals surface area contributed by atoms with Crippen molar-refractivity contribution in [3.8, 4) is 0 Å². The molecular formula is C14H21N3O2. The Labute approximate surface area is 113 Å². The first-order chi connectivity index (χ1) is 9.26. The lowest BCUT2D eigenvalue weighted by Crippen LogP contribution is -2.47. The molecule has 3 rings (SSSR count). The fourth-order valence-electron chi connectivity index (χ4n) is 2.92. The zero-order valence-corrected chi connectivity index (χ0v) is 11.4. The number of hydrogen-bond acceptors (Lipinski definition) is 5. The van der Waals surface area contributed by atoms with E-state index in [4.69, 9.17) is 9.47 Å². The molecule has 2 aliphatic heterocycles. The molecule has 5 heteroatoms. The van der Waals surface area contributed by atoms with Crippen LogP contribution in [0.4, 0.5) is 0 Å². The molecule has 2 unspecified atom stereocenters. The second kappa shape index (κ2) is 5.53. The van der Waals surface area contributed by atoms with Crippen molar-refractivity contribution >= 4 is 0 Å². The molecule has 0 radical (unpaired) electrons. The number of aromatic nitrogens is 2. The van der Waals surface area contributed by atoms with E-state index in [1.54, 1.807) is 0 Å². The summed E-state index contributed by atoms with van der Waals surface area (Å²) in [6.45, 7) is 5.12. The van der Waals surface area contributed by atoms with Crippen LogP contribution in [0.3, 0.4) is 0 Å². The van der Waals surface area contributed by atoms with E-state index in [-0.39, 0.29) is 5.60 Å². The third kappa shape index (κ3) is 3.11. The summed E-state index contributed by atoms with van der Waals surface area (Å²) in [5.74, 6) is 0.826. The monoisotopic (exact) mass is 263 g/mol. The average molecular weight is 263 g/mol. The summed E-state index contributed by atoms with van der Waals surface area (Å²) in [5.41, 5.74) is 1.02. The molecule has 1 N–H and O–H groups in total. The van der Waals surface area contributed by atoms with Crippen LogP contribution in [0.5, 0.6) is 0 Å². The minimum absolute atomic E-state index is 0.0303. The van der Waals surface area contributed by atoms with Crippen LogP contribution in [-0.2, 0) is 16.0 Å². The van der Waals surface area contributed by atoms with Gasteiger partial charge in [-0.1, -0.05) is 0 Å². The molecule has 2 aliphatic rings. The average Bonchev–Trinajstić information content (AvgIpc) is 2.85. The van der Waals surface area contributed by atoms with Crippen molar-refractivity contribution in [1.29, 1.82) is 0 Å². The van der Waals surface area contributed by atoms with Gasteiger partial charge in [0.2, 0.25) is 0 Å². The number of rotatable bonds is 3. The highest BCUT2D eigenvalue weighted by atomic mass is 16.6. The van der Waals surface area contributed by atoms with E-state index in [1.165, 1.54) is 0 Å². The van der Waals surface area contributed by atoms with Gasteiger partial charge in [-0.25, -0.2) is 9.97 Å². The number of ether oxygens (including phenoxy) is 2. The number of aryl methyl sites for hydroxylation is 1. The van der Waals surface area contributed by atoms with Crippen molar-refractivity contribution < 1.29 is 9.47 Å². The van der Waals surface area contributed by atoms with Crippen molar-refractivity contribution in [2.75, 3.05) is 19.8 Å². The zero-order chi connectivity index (χ0) is 13.1. The van der Waals surface area contributed by atoms with Crippen molar-refractivity contribution in [2.45, 2.75) is 44.4 Å². The molecule has 2 saturated heterocycles. The molecule has 2 atom stereocenters. The van der Waals surface area contributed by atoms with Crippen LogP contribution < -0.4 is 5.32 Å². The summed E-state index contributed by atoms with van der Waals surface area (Å²) in [7, 11) is 0. The fourth-order valence-corrected chi connectivity index (χ4v) is 2.92. The molecule has 0 amide bonds. The lowest BCUT2D eigenvalue weighted by Gasteiger charge is -2.37. The van der Waals surface area contributed by atoms with Crippen LogP contribution in [0.25, 0.3) is 0 Å². The molecule has 19 heavy (non-hydrogen) atoms. The number of nitrogens with zero attached hydrogens (tertiary/aromatic N) is 2. The van der Waals surface area contributed by atoms with Crippen LogP contribution in [0.1, 0.15) is 30.8 Å². The molecule has 5 nitrogen and oxygen atoms in total. The largest absolute Gasteiger partial charge is 0.378 e. The fraction of sp³-hybridized carbons (Fsp3) is 0.714. The van der Waals surface area contributed by atoms with E-state index < -0.39 is 0 Å². The van der Waals surface area contributed by atoms with Crippen molar-refractivity contribution in [3.63, 3.8) is 0 Å². The van der Waals surface area contributed by atoms with Gasteiger partial charge in [-0.15, -0.1) is 0 Å². The van der Waals surface area contributed by atoms with Crippen molar-refractivity contribution in [3.05, 3.63) is 23.8 Å². The van der Waals surface area contributed by atoms with Gasteiger partial charge >= 0.3 is 0 Å². The number of hydrogen-bond donors (Lipinski definition) is 1. The molecule has 1 aromatic heterocycles. The predicted octanol–water partition coefficient (Wildman–Crippen LogP) is 1.21. The lowest BCUT2D eigenvalue weighted by molar-refractivity contribution is -0.0895. The maximum atomic E-state index is 5.94. The predicted molar refractivity (Wildman–Crippen MR) is 70.7 cm³/mol. The molecule has 0 saturated carbocycles. The van der Waals surface area contributed by atoms with Gasteiger partial charge in [-0.05, 0) is 25.8 Å². The van der Waals surface area contributed by atoms with Crippen molar-refractivity contribution in [2.24, 2.45) is 0 Å². The van der Waals surface area contributed by atoms with Crippen LogP contribution in [0.2, 0.25) is 0 Å². The summed E-state index contributed by atoms with van der Waals surface area (Å²) >= 11 is 0. The van der Waals surface area contributed by atoms with Gasteiger partial charge in [0.05, 0.1) is 17.9 Å². The zero-order valence-electron chi connectivity index (χ0n) is 11.4. The summed E-state index contributed by atoms with van der Waals surface area (Å²) in [6, 6.07) is 2.46. The van der Waals surface area contributed by atoms with Crippen LogP contribution in [-0.4, -0.2) is 41.4 Å². The highest BCUT2D eigenvalue weighted by Gasteiger charge is 2.40. The molecule has 0 aromatic carbocycles. The van der Waals surface area contributed by atoms with Gasteiger partial charge in [0, 0.05) is 38.4 Å². The quantitative estimate of drug-likeness (QED) is 0.888.